The van der Waals surface area contributed by atoms with Gasteiger partial charge >= 0.3 is 11.9 Å². The topological polar surface area (TPSA) is 91.8 Å². The number of aromatic nitrogens is 1. The zero-order chi connectivity index (χ0) is 25.6. The zero-order valence-corrected chi connectivity index (χ0v) is 21.3. The van der Waals surface area contributed by atoms with Crippen molar-refractivity contribution in [2.24, 2.45) is 11.8 Å². The predicted molar refractivity (Wildman–Crippen MR) is 129 cm³/mol. The number of ether oxygens (including phenoxy) is 3. The molecule has 0 N–H and O–H groups in total. The van der Waals surface area contributed by atoms with Gasteiger partial charge in [-0.1, -0.05) is 44.5 Å². The van der Waals surface area contributed by atoms with E-state index in [9.17, 15) is 14.4 Å². The molecule has 0 spiro atoms. The van der Waals surface area contributed by atoms with Crippen molar-refractivity contribution in [3.05, 3.63) is 52.8 Å². The molecule has 0 aliphatic heterocycles. The molecule has 0 radical (unpaired) electrons. The SMILES string of the molecule is COc1ccnc(C(=O)C[C@@H](C)C(=O)O[C@@H](C)[C@H](c2cc(C)ccc2C)C(C)C)c1OC(C)=O. The molecule has 0 amide bonds. The van der Waals surface area contributed by atoms with Crippen molar-refractivity contribution in [3.63, 3.8) is 0 Å². The first-order valence-electron chi connectivity index (χ1n) is 11.5. The lowest BCUT2D eigenvalue weighted by molar-refractivity contribution is -0.154. The minimum atomic E-state index is -0.709. The average Bonchev–Trinajstić information content (AvgIpc) is 2.75. The minimum absolute atomic E-state index is 0.0161. The predicted octanol–water partition coefficient (Wildman–Crippen LogP) is 5.21. The third kappa shape index (κ3) is 6.65. The van der Waals surface area contributed by atoms with Crippen LogP contribution in [0.15, 0.2) is 30.5 Å². The monoisotopic (exact) mass is 469 g/mol. The quantitative estimate of drug-likeness (QED) is 0.348. The number of aryl methyl sites for hydroxylation is 2. The molecule has 2 rings (SSSR count). The van der Waals surface area contributed by atoms with Gasteiger partial charge in [0.25, 0.3) is 0 Å². The number of ketones is 1. The lowest BCUT2D eigenvalue weighted by Crippen LogP contribution is -2.30. The summed E-state index contributed by atoms with van der Waals surface area (Å²) in [4.78, 5) is 41.4. The molecule has 0 saturated carbocycles. The van der Waals surface area contributed by atoms with Crippen molar-refractivity contribution >= 4 is 17.7 Å². The molecule has 1 heterocycles. The minimum Gasteiger partial charge on any atom is -0.493 e. The summed E-state index contributed by atoms with van der Waals surface area (Å²) in [6, 6.07) is 7.78. The van der Waals surface area contributed by atoms with Crippen molar-refractivity contribution in [2.75, 3.05) is 7.11 Å². The smallest absolute Gasteiger partial charge is 0.309 e. The van der Waals surface area contributed by atoms with Gasteiger partial charge < -0.3 is 14.2 Å². The first-order valence-corrected chi connectivity index (χ1v) is 11.5. The van der Waals surface area contributed by atoms with Crippen LogP contribution in [0.5, 0.6) is 11.5 Å². The highest BCUT2D eigenvalue weighted by Crippen LogP contribution is 2.34. The Morgan fingerprint density at radius 1 is 1.03 bits per heavy atom. The molecule has 0 aliphatic rings. The Kier molecular flexibility index (Phi) is 9.36. The van der Waals surface area contributed by atoms with E-state index >= 15 is 0 Å². The fourth-order valence-corrected chi connectivity index (χ4v) is 4.14. The van der Waals surface area contributed by atoms with Crippen LogP contribution in [0.3, 0.4) is 0 Å². The van der Waals surface area contributed by atoms with Gasteiger partial charge in [0.2, 0.25) is 5.75 Å². The second-order valence-electron chi connectivity index (χ2n) is 9.08. The average molecular weight is 470 g/mol. The number of rotatable bonds is 10. The van der Waals surface area contributed by atoms with Gasteiger partial charge in [0.1, 0.15) is 6.10 Å². The standard InChI is InChI=1S/C27H35NO6/c1-15(2)24(21-13-16(3)9-10-17(21)4)19(6)33-27(31)18(5)14-22(30)25-26(34-20(7)29)23(32-8)11-12-28-25/h9-13,15,18-19,24H,14H2,1-8H3/t18-,19+,24-/m1/s1. The van der Waals surface area contributed by atoms with E-state index < -0.39 is 23.6 Å². The molecule has 0 aliphatic carbocycles. The molecular weight excluding hydrogens is 434 g/mol. The maximum absolute atomic E-state index is 12.9. The van der Waals surface area contributed by atoms with Gasteiger partial charge in [-0.2, -0.15) is 0 Å². The third-order valence-corrected chi connectivity index (χ3v) is 5.81. The number of hydrogen-bond acceptors (Lipinski definition) is 7. The van der Waals surface area contributed by atoms with Gasteiger partial charge in [0.15, 0.2) is 17.2 Å². The van der Waals surface area contributed by atoms with Crippen LogP contribution in [-0.2, 0) is 14.3 Å². The van der Waals surface area contributed by atoms with Crippen molar-refractivity contribution in [1.82, 2.24) is 4.98 Å². The van der Waals surface area contributed by atoms with Crippen LogP contribution in [0.25, 0.3) is 0 Å². The third-order valence-electron chi connectivity index (χ3n) is 5.81. The second-order valence-corrected chi connectivity index (χ2v) is 9.08. The molecule has 0 fully saturated rings. The molecular formula is C27H35NO6. The molecule has 3 atom stereocenters. The molecule has 1 aromatic heterocycles. The van der Waals surface area contributed by atoms with Gasteiger partial charge in [0.05, 0.1) is 13.0 Å². The van der Waals surface area contributed by atoms with Crippen LogP contribution >= 0.6 is 0 Å². The molecule has 7 heteroatoms. The molecule has 0 bridgehead atoms. The summed E-state index contributed by atoms with van der Waals surface area (Å²) >= 11 is 0. The fourth-order valence-electron chi connectivity index (χ4n) is 4.14. The Morgan fingerprint density at radius 3 is 2.29 bits per heavy atom. The molecule has 0 unspecified atom stereocenters. The van der Waals surface area contributed by atoms with Gasteiger partial charge in [0, 0.05) is 31.5 Å². The number of benzene rings is 1. The van der Waals surface area contributed by atoms with E-state index in [0.717, 1.165) is 16.7 Å². The Labute approximate surface area is 201 Å². The number of pyridine rings is 1. The summed E-state index contributed by atoms with van der Waals surface area (Å²) in [5.41, 5.74) is 3.40. The van der Waals surface area contributed by atoms with Crippen molar-refractivity contribution in [3.8, 4) is 11.5 Å². The molecule has 34 heavy (non-hydrogen) atoms. The van der Waals surface area contributed by atoms with Gasteiger partial charge in [-0.3, -0.25) is 14.4 Å². The highest BCUT2D eigenvalue weighted by molar-refractivity contribution is 5.99. The van der Waals surface area contributed by atoms with Crippen molar-refractivity contribution in [1.29, 1.82) is 0 Å². The van der Waals surface area contributed by atoms with Crippen molar-refractivity contribution in [2.45, 2.75) is 66.9 Å². The molecule has 1 aromatic carbocycles. The first kappa shape index (κ1) is 27.0. The van der Waals surface area contributed by atoms with E-state index in [4.69, 9.17) is 14.2 Å². The van der Waals surface area contributed by atoms with E-state index in [2.05, 4.69) is 44.0 Å². The van der Waals surface area contributed by atoms with Crippen LogP contribution in [0.4, 0.5) is 0 Å². The Bertz CT molecular complexity index is 1050. The lowest BCUT2D eigenvalue weighted by atomic mass is 9.81. The summed E-state index contributed by atoms with van der Waals surface area (Å²) in [6.07, 6.45) is 0.870. The largest absolute Gasteiger partial charge is 0.493 e. The molecule has 0 saturated heterocycles. The Balaban J connectivity index is 2.17. The summed E-state index contributed by atoms with van der Waals surface area (Å²) in [6.45, 7) is 13.1. The Hall–Kier alpha value is -3.22. The van der Waals surface area contributed by atoms with E-state index in [1.807, 2.05) is 13.8 Å². The number of carbonyl (C=O) groups excluding carboxylic acids is 3. The highest BCUT2D eigenvalue weighted by Gasteiger charge is 2.30. The lowest BCUT2D eigenvalue weighted by Gasteiger charge is -2.30. The van der Waals surface area contributed by atoms with E-state index in [1.165, 1.54) is 26.3 Å². The maximum atomic E-state index is 12.9. The maximum Gasteiger partial charge on any atom is 0.309 e. The number of Topliss-reactive ketones (excluding diaryl/α,β-unsaturated/α-hetero) is 1. The summed E-state index contributed by atoms with van der Waals surface area (Å²) in [7, 11) is 1.40. The number of hydrogen-bond donors (Lipinski definition) is 0. The number of carbonyl (C=O) groups is 3. The van der Waals surface area contributed by atoms with Gasteiger partial charge in [-0.25, -0.2) is 4.98 Å². The van der Waals surface area contributed by atoms with Crippen molar-refractivity contribution < 1.29 is 28.6 Å². The summed E-state index contributed by atoms with van der Waals surface area (Å²) in [5.74, 6) is -1.80. The molecule has 184 valence electrons. The number of nitrogens with zero attached hydrogens (tertiary/aromatic N) is 1. The number of esters is 2. The number of methoxy groups -OCH3 is 1. The van der Waals surface area contributed by atoms with E-state index in [1.54, 1.807) is 6.92 Å². The van der Waals surface area contributed by atoms with Gasteiger partial charge in [-0.05, 0) is 37.8 Å². The second kappa shape index (κ2) is 11.8. The van der Waals surface area contributed by atoms with E-state index in [-0.39, 0.29) is 41.6 Å². The van der Waals surface area contributed by atoms with Crippen LogP contribution in [0, 0.1) is 25.7 Å². The first-order chi connectivity index (χ1) is 16.0. The van der Waals surface area contributed by atoms with Gasteiger partial charge in [-0.15, -0.1) is 0 Å². The van der Waals surface area contributed by atoms with Crippen LogP contribution in [-0.4, -0.2) is 35.9 Å². The van der Waals surface area contributed by atoms with E-state index in [0.29, 0.717) is 0 Å². The zero-order valence-electron chi connectivity index (χ0n) is 21.3. The van der Waals surface area contributed by atoms with Crippen LogP contribution < -0.4 is 9.47 Å². The molecule has 7 nitrogen and oxygen atoms in total. The Morgan fingerprint density at radius 2 is 1.71 bits per heavy atom. The van der Waals surface area contributed by atoms with Crippen LogP contribution in [0.2, 0.25) is 0 Å². The normalized spacial score (nSPS) is 13.7. The van der Waals surface area contributed by atoms with Crippen LogP contribution in [0.1, 0.15) is 74.1 Å². The highest BCUT2D eigenvalue weighted by atomic mass is 16.6. The fraction of sp³-hybridized carbons (Fsp3) is 0.481. The molecule has 2 aromatic rings. The summed E-state index contributed by atoms with van der Waals surface area (Å²) < 4.78 is 16.2. The summed E-state index contributed by atoms with van der Waals surface area (Å²) in [5, 5.41) is 0.